The highest BCUT2D eigenvalue weighted by atomic mass is 32.2. The first kappa shape index (κ1) is 25.4. The highest BCUT2D eigenvalue weighted by Gasteiger charge is 2.75. The lowest BCUT2D eigenvalue weighted by molar-refractivity contribution is -0.164. The van der Waals surface area contributed by atoms with E-state index in [1.54, 1.807) is 6.07 Å². The van der Waals surface area contributed by atoms with E-state index in [1.165, 1.54) is 6.07 Å². The number of alkyl halides is 3. The van der Waals surface area contributed by atoms with Gasteiger partial charge >= 0.3 is 12.1 Å². The van der Waals surface area contributed by atoms with Gasteiger partial charge in [0.05, 0.1) is 34.0 Å². The molecule has 190 valence electrons. The normalized spacial score (nSPS) is 33.4. The summed E-state index contributed by atoms with van der Waals surface area (Å²) in [6, 6.07) is 5.55. The molecule has 0 spiro atoms. The third-order valence-electron chi connectivity index (χ3n) is 7.83. The maximum atomic E-state index is 13.6. The summed E-state index contributed by atoms with van der Waals surface area (Å²) in [5.41, 5.74) is 0.320. The van der Waals surface area contributed by atoms with Gasteiger partial charge in [0.25, 0.3) is 0 Å². The van der Waals surface area contributed by atoms with Crippen LogP contribution in [0, 0.1) is 28.1 Å². The molecule has 1 aromatic carbocycles. The van der Waals surface area contributed by atoms with Crippen LogP contribution in [0.2, 0.25) is 0 Å². The highest BCUT2D eigenvalue weighted by Crippen LogP contribution is 2.67. The van der Waals surface area contributed by atoms with Crippen molar-refractivity contribution in [2.75, 3.05) is 0 Å². The number of ether oxygens (including phenoxy) is 1. The number of amides is 1. The van der Waals surface area contributed by atoms with Crippen molar-refractivity contribution in [2.24, 2.45) is 22.5 Å². The molecule has 35 heavy (non-hydrogen) atoms. The van der Waals surface area contributed by atoms with E-state index < -0.39 is 72.9 Å². The van der Waals surface area contributed by atoms with E-state index in [2.05, 4.69) is 0 Å². The molecule has 0 saturated heterocycles. The standard InChI is InChI=1S/C23H25F3N2O6S/c24-23(25,26)15-7-3-4-8-16(15)35(32,33)14-9-18(34-13-5-1-2-6-13)22(10-14,20(30)31)17-11-21(17,12-27)19(28)29/h3-4,7-8,13-14,17-18H,1-2,5-6,9-11H2,(H2,28,29)(H,30,31)/t14-,17?,18+,21?,22+/m1/s1. The smallest absolute Gasteiger partial charge is 0.417 e. The molecule has 1 aromatic rings. The van der Waals surface area contributed by atoms with Gasteiger partial charge < -0.3 is 15.6 Å². The van der Waals surface area contributed by atoms with Crippen molar-refractivity contribution >= 4 is 21.7 Å². The van der Waals surface area contributed by atoms with Crippen LogP contribution in [0.1, 0.15) is 50.5 Å². The Kier molecular flexibility index (Phi) is 6.17. The number of nitrogens with zero attached hydrogens (tertiary/aromatic N) is 1. The lowest BCUT2D eigenvalue weighted by Crippen LogP contribution is -2.46. The number of halogens is 3. The fourth-order valence-corrected chi connectivity index (χ4v) is 7.96. The van der Waals surface area contributed by atoms with Crippen molar-refractivity contribution in [2.45, 2.75) is 73.5 Å². The Morgan fingerprint density at radius 1 is 1.17 bits per heavy atom. The highest BCUT2D eigenvalue weighted by molar-refractivity contribution is 7.92. The second kappa shape index (κ2) is 8.48. The molecule has 3 saturated carbocycles. The molecule has 8 nitrogen and oxygen atoms in total. The molecule has 3 N–H and O–H groups in total. The van der Waals surface area contributed by atoms with E-state index in [0.717, 1.165) is 25.0 Å². The van der Waals surface area contributed by atoms with Gasteiger partial charge in [-0.25, -0.2) is 8.42 Å². The molecule has 0 radical (unpaired) electrons. The second-order valence-electron chi connectivity index (χ2n) is 9.68. The van der Waals surface area contributed by atoms with Gasteiger partial charge in [0.2, 0.25) is 5.91 Å². The number of rotatable bonds is 7. The van der Waals surface area contributed by atoms with Crippen LogP contribution in [0.25, 0.3) is 0 Å². The third-order valence-corrected chi connectivity index (χ3v) is 10.0. The molecule has 1 amide bonds. The van der Waals surface area contributed by atoms with Gasteiger partial charge in [-0.05, 0) is 44.2 Å². The van der Waals surface area contributed by atoms with Crippen molar-refractivity contribution < 1.29 is 41.0 Å². The van der Waals surface area contributed by atoms with Gasteiger partial charge in [-0.1, -0.05) is 25.0 Å². The fraction of sp³-hybridized carbons (Fsp3) is 0.609. The first-order valence-corrected chi connectivity index (χ1v) is 12.9. The number of hydrogen-bond acceptors (Lipinski definition) is 6. The van der Waals surface area contributed by atoms with Crippen LogP contribution in [-0.2, 0) is 30.3 Å². The van der Waals surface area contributed by atoms with E-state index in [9.17, 15) is 41.5 Å². The second-order valence-corrected chi connectivity index (χ2v) is 11.9. The van der Waals surface area contributed by atoms with Gasteiger partial charge in [-0.3, -0.25) is 9.59 Å². The average molecular weight is 515 g/mol. The Bertz CT molecular complexity index is 1190. The van der Waals surface area contributed by atoms with E-state index >= 15 is 0 Å². The number of nitrogens with two attached hydrogens (primary N) is 1. The van der Waals surface area contributed by atoms with Crippen LogP contribution in [-0.4, -0.2) is 42.9 Å². The summed E-state index contributed by atoms with van der Waals surface area (Å²) >= 11 is 0. The number of sulfone groups is 1. The topological polar surface area (TPSA) is 148 Å². The molecule has 4 rings (SSSR count). The molecule has 3 fully saturated rings. The minimum atomic E-state index is -4.94. The van der Waals surface area contributed by atoms with E-state index in [0.29, 0.717) is 18.9 Å². The molecule has 0 bridgehead atoms. The quantitative estimate of drug-likeness (QED) is 0.568. The minimum Gasteiger partial charge on any atom is -0.481 e. The molecule has 5 atom stereocenters. The van der Waals surface area contributed by atoms with Crippen LogP contribution in [0.3, 0.4) is 0 Å². The van der Waals surface area contributed by atoms with Crippen molar-refractivity contribution in [3.8, 4) is 6.07 Å². The zero-order chi connectivity index (χ0) is 25.8. The molecule has 0 heterocycles. The minimum absolute atomic E-state index is 0.179. The summed E-state index contributed by atoms with van der Waals surface area (Å²) in [5.74, 6) is -3.58. The van der Waals surface area contributed by atoms with Gasteiger partial charge in [0.1, 0.15) is 10.8 Å². The van der Waals surface area contributed by atoms with Crippen LogP contribution in [0.15, 0.2) is 29.2 Å². The summed E-state index contributed by atoms with van der Waals surface area (Å²) in [6.45, 7) is 0. The number of primary amides is 1. The van der Waals surface area contributed by atoms with E-state index in [-0.39, 0.29) is 18.9 Å². The van der Waals surface area contributed by atoms with Crippen LogP contribution in [0.5, 0.6) is 0 Å². The Hall–Kier alpha value is -2.65. The molecular formula is C23H25F3N2O6S. The maximum Gasteiger partial charge on any atom is 0.417 e. The predicted molar refractivity (Wildman–Crippen MR) is 114 cm³/mol. The van der Waals surface area contributed by atoms with Gasteiger partial charge in [-0.15, -0.1) is 0 Å². The monoisotopic (exact) mass is 514 g/mol. The molecule has 2 unspecified atom stereocenters. The zero-order valence-corrected chi connectivity index (χ0v) is 19.4. The molecule has 0 aromatic heterocycles. The average Bonchev–Trinajstić information content (AvgIpc) is 3.12. The maximum absolute atomic E-state index is 13.6. The van der Waals surface area contributed by atoms with Crippen molar-refractivity contribution in [1.29, 1.82) is 5.26 Å². The number of carbonyl (C=O) groups is 2. The largest absolute Gasteiger partial charge is 0.481 e. The first-order valence-electron chi connectivity index (χ1n) is 11.3. The summed E-state index contributed by atoms with van der Waals surface area (Å²) in [7, 11) is -4.66. The molecule has 3 aliphatic rings. The Balaban J connectivity index is 1.79. The summed E-state index contributed by atoms with van der Waals surface area (Å²) in [5, 5.41) is 18.5. The predicted octanol–water partition coefficient (Wildman–Crippen LogP) is 3.06. The van der Waals surface area contributed by atoms with E-state index in [4.69, 9.17) is 10.5 Å². The number of nitriles is 1. The van der Waals surface area contributed by atoms with Crippen LogP contribution in [0.4, 0.5) is 13.2 Å². The lowest BCUT2D eigenvalue weighted by Gasteiger charge is -2.34. The summed E-state index contributed by atoms with van der Waals surface area (Å²) in [6.07, 6.45) is -4.69. The van der Waals surface area contributed by atoms with E-state index in [1.807, 2.05) is 0 Å². The van der Waals surface area contributed by atoms with Crippen LogP contribution < -0.4 is 5.73 Å². The Morgan fingerprint density at radius 3 is 2.31 bits per heavy atom. The first-order chi connectivity index (χ1) is 16.3. The number of hydrogen-bond donors (Lipinski definition) is 2. The Morgan fingerprint density at radius 2 is 1.80 bits per heavy atom. The molecular weight excluding hydrogens is 489 g/mol. The van der Waals surface area contributed by atoms with Gasteiger partial charge in [-0.2, -0.15) is 18.4 Å². The van der Waals surface area contributed by atoms with Crippen molar-refractivity contribution in [3.05, 3.63) is 29.8 Å². The number of aliphatic carboxylic acids is 1. The van der Waals surface area contributed by atoms with Gasteiger partial charge in [0.15, 0.2) is 9.84 Å². The van der Waals surface area contributed by atoms with Crippen molar-refractivity contribution in [1.82, 2.24) is 0 Å². The summed E-state index contributed by atoms with van der Waals surface area (Å²) < 4.78 is 73.9. The zero-order valence-electron chi connectivity index (χ0n) is 18.6. The molecule has 3 aliphatic carbocycles. The SMILES string of the molecule is N#CC1(C(N)=O)CC1[C@@]1(C(=O)O)C[C@H](S(=O)(=O)c2ccccc2C(F)(F)F)C[C@@H]1OC1CCCC1. The number of carbonyl (C=O) groups excluding carboxylic acids is 1. The van der Waals surface area contributed by atoms with Crippen LogP contribution >= 0.6 is 0 Å². The molecule has 12 heteroatoms. The number of carboxylic acids is 1. The Labute approximate surface area is 200 Å². The third kappa shape index (κ3) is 3.98. The fourth-order valence-electron chi connectivity index (χ4n) is 5.92. The molecule has 0 aliphatic heterocycles. The lowest BCUT2D eigenvalue weighted by atomic mass is 9.75. The van der Waals surface area contributed by atoms with Gasteiger partial charge in [0, 0.05) is 5.92 Å². The number of benzene rings is 1. The number of carboxylic acid groups (broad SMARTS) is 1. The summed E-state index contributed by atoms with van der Waals surface area (Å²) in [4.78, 5) is 23.9. The van der Waals surface area contributed by atoms with Crippen molar-refractivity contribution in [3.63, 3.8) is 0 Å².